The molecule has 0 spiro atoms. The maximum absolute atomic E-state index is 11.8. The fraction of sp³-hybridized carbons (Fsp3) is 0.375. The summed E-state index contributed by atoms with van der Waals surface area (Å²) in [5, 5.41) is 90.8. The molecule has 14 nitrogen and oxygen atoms in total. The average Bonchev–Trinajstić information content (AvgIpc) is 3.17. The van der Waals surface area contributed by atoms with Crippen LogP contribution in [0.4, 0.5) is 0 Å². The first-order valence-electron chi connectivity index (χ1n) is 17.5. The summed E-state index contributed by atoms with van der Waals surface area (Å²) < 4.78 is 23.1. The molecule has 0 bridgehead atoms. The fourth-order valence-corrected chi connectivity index (χ4v) is 6.72. The van der Waals surface area contributed by atoms with Crippen LogP contribution in [-0.2, 0) is 33.5 Å². The Morgan fingerprint density at radius 1 is 0.537 bits per heavy atom. The molecule has 0 aromatic heterocycles. The van der Waals surface area contributed by atoms with Gasteiger partial charge in [-0.25, -0.2) is 0 Å². The molecular formula is C40H44O14. The van der Waals surface area contributed by atoms with Gasteiger partial charge in [-0.05, 0) is 52.8 Å². The van der Waals surface area contributed by atoms with Crippen LogP contribution in [0.3, 0.4) is 0 Å². The van der Waals surface area contributed by atoms with E-state index in [2.05, 4.69) is 0 Å². The Bertz CT molecular complexity index is 1880. The van der Waals surface area contributed by atoms with Gasteiger partial charge >= 0.3 is 5.97 Å². The maximum atomic E-state index is 11.8. The predicted octanol–water partition coefficient (Wildman–Crippen LogP) is 0.790. The summed E-state index contributed by atoms with van der Waals surface area (Å²) in [5.41, 5.74) is 4.98. The molecule has 2 saturated heterocycles. The minimum atomic E-state index is -1.62. The number of aryl methyl sites for hydroxylation is 2. The number of benzene rings is 4. The highest BCUT2D eigenvalue weighted by atomic mass is 16.7. The molecule has 4 aromatic carbocycles. The van der Waals surface area contributed by atoms with Crippen LogP contribution in [0.1, 0.15) is 16.7 Å². The molecule has 0 saturated carbocycles. The molecule has 9 N–H and O–H groups in total. The Labute approximate surface area is 310 Å². The molecule has 0 unspecified atom stereocenters. The lowest BCUT2D eigenvalue weighted by molar-refractivity contribution is -0.277. The fourth-order valence-electron chi connectivity index (χ4n) is 6.72. The first kappa shape index (κ1) is 39.2. The van der Waals surface area contributed by atoms with Crippen molar-refractivity contribution < 1.29 is 69.7 Å². The van der Waals surface area contributed by atoms with Gasteiger partial charge < -0.3 is 64.9 Å². The Morgan fingerprint density at radius 3 is 1.56 bits per heavy atom. The molecule has 10 atom stereocenters. The molecule has 6 rings (SSSR count). The minimum absolute atomic E-state index is 0.239. The number of aliphatic hydroxyl groups is 8. The molecule has 14 heteroatoms. The zero-order valence-corrected chi connectivity index (χ0v) is 29.0. The standard InChI is InChI=1S/C40H44O14/c41-19-30-33(45)35(47)37(49)39(53-30)51-28-10-3-1-8-26(28)24-7-5-6-21(15-24)12-13-22-14-23(18-32(43)44)17-25(16-22)27-9-2-4-11-29(27)52-40-38(50)36(48)34(46)31(20-42)54-40/h1-11,14-17,30-31,33-42,45-50H,12-13,18-20H2,(H,43,44)/t30-,31-,33-,34-,35+,36+,37+,38+,39+,40+/m1/s1. The van der Waals surface area contributed by atoms with E-state index < -0.39 is 80.6 Å². The number of rotatable bonds is 13. The number of para-hydroxylation sites is 2. The van der Waals surface area contributed by atoms with Crippen LogP contribution in [0, 0.1) is 0 Å². The van der Waals surface area contributed by atoms with E-state index >= 15 is 0 Å². The number of hydrogen-bond donors (Lipinski definition) is 9. The highest BCUT2D eigenvalue weighted by Crippen LogP contribution is 2.36. The van der Waals surface area contributed by atoms with Gasteiger partial charge in [0.25, 0.3) is 0 Å². The number of carboxylic acid groups (broad SMARTS) is 1. The van der Waals surface area contributed by atoms with E-state index in [1.165, 1.54) is 0 Å². The van der Waals surface area contributed by atoms with E-state index in [0.717, 1.165) is 16.7 Å². The molecule has 0 radical (unpaired) electrons. The highest BCUT2D eigenvalue weighted by Gasteiger charge is 2.46. The summed E-state index contributed by atoms with van der Waals surface area (Å²) in [6.07, 6.45) is -13.7. The third-order valence-corrected chi connectivity index (χ3v) is 9.62. The molecular weight excluding hydrogens is 704 g/mol. The van der Waals surface area contributed by atoms with E-state index in [9.17, 15) is 50.8 Å². The van der Waals surface area contributed by atoms with Crippen molar-refractivity contribution in [1.82, 2.24) is 0 Å². The quantitative estimate of drug-likeness (QED) is 0.0920. The largest absolute Gasteiger partial charge is 0.481 e. The van der Waals surface area contributed by atoms with Crippen molar-refractivity contribution in [3.05, 3.63) is 108 Å². The van der Waals surface area contributed by atoms with Crippen molar-refractivity contribution in [1.29, 1.82) is 0 Å². The molecule has 54 heavy (non-hydrogen) atoms. The van der Waals surface area contributed by atoms with Crippen LogP contribution in [0.15, 0.2) is 91.0 Å². The Hall–Kier alpha value is -4.45. The molecule has 2 fully saturated rings. The van der Waals surface area contributed by atoms with E-state index in [1.54, 1.807) is 42.5 Å². The van der Waals surface area contributed by atoms with Gasteiger partial charge in [-0.3, -0.25) is 4.79 Å². The third-order valence-electron chi connectivity index (χ3n) is 9.62. The Morgan fingerprint density at radius 2 is 1.02 bits per heavy atom. The predicted molar refractivity (Wildman–Crippen MR) is 191 cm³/mol. The summed E-state index contributed by atoms with van der Waals surface area (Å²) in [6.45, 7) is -1.20. The summed E-state index contributed by atoms with van der Waals surface area (Å²) in [6, 6.07) is 27.1. The second-order valence-electron chi connectivity index (χ2n) is 13.4. The Balaban J connectivity index is 1.23. The second kappa shape index (κ2) is 17.3. The van der Waals surface area contributed by atoms with Gasteiger partial charge in [0.05, 0.1) is 19.6 Å². The van der Waals surface area contributed by atoms with Crippen molar-refractivity contribution in [3.63, 3.8) is 0 Å². The van der Waals surface area contributed by atoms with Crippen LogP contribution < -0.4 is 9.47 Å². The summed E-state index contributed by atoms with van der Waals surface area (Å²) in [7, 11) is 0. The smallest absolute Gasteiger partial charge is 0.307 e. The Kier molecular flexibility index (Phi) is 12.6. The van der Waals surface area contributed by atoms with Gasteiger partial charge in [-0.1, -0.05) is 78.9 Å². The molecule has 2 aliphatic rings. The zero-order valence-electron chi connectivity index (χ0n) is 29.0. The van der Waals surface area contributed by atoms with Gasteiger partial charge in [0.15, 0.2) is 0 Å². The summed E-state index contributed by atoms with van der Waals surface area (Å²) >= 11 is 0. The lowest BCUT2D eigenvalue weighted by Crippen LogP contribution is -2.60. The van der Waals surface area contributed by atoms with Gasteiger partial charge in [0.1, 0.15) is 60.3 Å². The van der Waals surface area contributed by atoms with Crippen molar-refractivity contribution >= 4 is 5.97 Å². The number of aliphatic carboxylic acids is 1. The zero-order chi connectivity index (χ0) is 38.5. The number of ether oxygens (including phenoxy) is 4. The summed E-state index contributed by atoms with van der Waals surface area (Å²) in [5.74, 6) is -0.409. The van der Waals surface area contributed by atoms with Crippen LogP contribution in [0.5, 0.6) is 11.5 Å². The molecule has 2 aliphatic heterocycles. The van der Waals surface area contributed by atoms with Crippen LogP contribution in [0.25, 0.3) is 22.3 Å². The van der Waals surface area contributed by atoms with Gasteiger partial charge in [-0.2, -0.15) is 0 Å². The highest BCUT2D eigenvalue weighted by molar-refractivity contribution is 5.75. The lowest BCUT2D eigenvalue weighted by atomic mass is 9.94. The van der Waals surface area contributed by atoms with Crippen molar-refractivity contribution in [2.24, 2.45) is 0 Å². The van der Waals surface area contributed by atoms with Gasteiger partial charge in [0.2, 0.25) is 12.6 Å². The summed E-state index contributed by atoms with van der Waals surface area (Å²) in [4.78, 5) is 11.8. The van der Waals surface area contributed by atoms with Crippen LogP contribution >= 0.6 is 0 Å². The SMILES string of the molecule is O=C(O)Cc1cc(CCc2cccc(-c3ccccc3O[C@H]3O[C@H](CO)[C@@H](O)[C@H](O)[C@@H]3O)c2)cc(-c2ccccc2O[C@H]2O[C@H](CO)[C@@H](O)[C@H](O)[C@@H]2O)c1. The third kappa shape index (κ3) is 8.74. The van der Waals surface area contributed by atoms with Crippen molar-refractivity contribution in [2.45, 2.75) is 80.7 Å². The van der Waals surface area contributed by atoms with E-state index in [4.69, 9.17) is 18.9 Å². The monoisotopic (exact) mass is 748 g/mol. The maximum Gasteiger partial charge on any atom is 0.307 e. The number of carboxylic acids is 1. The molecule has 288 valence electrons. The van der Waals surface area contributed by atoms with Gasteiger partial charge in [-0.15, -0.1) is 0 Å². The first-order chi connectivity index (χ1) is 26.0. The van der Waals surface area contributed by atoms with Crippen molar-refractivity contribution in [2.75, 3.05) is 13.2 Å². The number of aliphatic hydroxyl groups excluding tert-OH is 8. The second-order valence-corrected chi connectivity index (χ2v) is 13.4. The topological polar surface area (TPSA) is 236 Å². The van der Waals surface area contributed by atoms with Gasteiger partial charge in [0, 0.05) is 11.1 Å². The normalized spacial score (nSPS) is 28.4. The van der Waals surface area contributed by atoms with E-state index in [1.807, 2.05) is 48.5 Å². The van der Waals surface area contributed by atoms with Crippen molar-refractivity contribution in [3.8, 4) is 33.8 Å². The number of hydrogen-bond acceptors (Lipinski definition) is 13. The van der Waals surface area contributed by atoms with Crippen LogP contribution in [0.2, 0.25) is 0 Å². The van der Waals surface area contributed by atoms with E-state index in [0.29, 0.717) is 40.8 Å². The lowest BCUT2D eigenvalue weighted by Gasteiger charge is -2.39. The average molecular weight is 749 g/mol. The molecule has 4 aromatic rings. The molecule has 2 heterocycles. The molecule has 0 aliphatic carbocycles. The minimum Gasteiger partial charge on any atom is -0.481 e. The molecule has 0 amide bonds. The first-order valence-corrected chi connectivity index (χ1v) is 17.5. The number of carbonyl (C=O) groups is 1. The van der Waals surface area contributed by atoms with Crippen LogP contribution in [-0.4, -0.2) is 127 Å². The van der Waals surface area contributed by atoms with E-state index in [-0.39, 0.29) is 12.2 Å².